The third kappa shape index (κ3) is 3.50. The monoisotopic (exact) mass is 328 g/mol. The smallest absolute Gasteiger partial charge is 0.197 e. The fraction of sp³-hybridized carbons (Fsp3) is 0.333. The number of rotatable bonds is 4. The SMILES string of the molecule is C=COc1c(F)cc(-c2ccc(C3CCC(C)CC3)cc2)cc1F. The minimum absolute atomic E-state index is 0.415. The second kappa shape index (κ2) is 7.16. The van der Waals surface area contributed by atoms with E-state index in [0.717, 1.165) is 17.7 Å². The van der Waals surface area contributed by atoms with Crippen molar-refractivity contribution in [1.29, 1.82) is 0 Å². The van der Waals surface area contributed by atoms with Crippen molar-refractivity contribution in [3.63, 3.8) is 0 Å². The third-order valence-corrected chi connectivity index (χ3v) is 4.93. The molecule has 0 radical (unpaired) electrons. The van der Waals surface area contributed by atoms with Crippen molar-refractivity contribution >= 4 is 0 Å². The highest BCUT2D eigenvalue weighted by atomic mass is 19.1. The predicted octanol–water partition coefficient (Wildman–Crippen LogP) is 6.45. The third-order valence-electron chi connectivity index (χ3n) is 4.93. The molecule has 0 unspecified atom stereocenters. The topological polar surface area (TPSA) is 9.23 Å². The van der Waals surface area contributed by atoms with Crippen molar-refractivity contribution in [2.45, 2.75) is 38.5 Å². The van der Waals surface area contributed by atoms with Gasteiger partial charge in [-0.3, -0.25) is 0 Å². The van der Waals surface area contributed by atoms with Crippen molar-refractivity contribution in [1.82, 2.24) is 0 Å². The van der Waals surface area contributed by atoms with Crippen molar-refractivity contribution in [3.8, 4) is 16.9 Å². The van der Waals surface area contributed by atoms with Crippen LogP contribution in [0.1, 0.15) is 44.1 Å². The summed E-state index contributed by atoms with van der Waals surface area (Å²) in [5.74, 6) is -0.443. The van der Waals surface area contributed by atoms with Crippen LogP contribution in [0, 0.1) is 17.6 Å². The van der Waals surface area contributed by atoms with Gasteiger partial charge in [-0.2, -0.15) is 0 Å². The summed E-state index contributed by atoms with van der Waals surface area (Å²) in [6.45, 7) is 5.63. The second-order valence-electron chi connectivity index (χ2n) is 6.63. The molecule has 1 aliphatic carbocycles. The van der Waals surface area contributed by atoms with Gasteiger partial charge < -0.3 is 4.74 Å². The van der Waals surface area contributed by atoms with Crippen LogP contribution in [0.2, 0.25) is 0 Å². The summed E-state index contributed by atoms with van der Waals surface area (Å²) in [5, 5.41) is 0. The van der Waals surface area contributed by atoms with Crippen LogP contribution in [0.3, 0.4) is 0 Å². The first-order chi connectivity index (χ1) is 11.6. The minimum Gasteiger partial charge on any atom is -0.459 e. The van der Waals surface area contributed by atoms with Crippen LogP contribution in [0.25, 0.3) is 11.1 Å². The Morgan fingerprint density at radius 1 is 0.958 bits per heavy atom. The predicted molar refractivity (Wildman–Crippen MR) is 93.0 cm³/mol. The van der Waals surface area contributed by atoms with Crippen molar-refractivity contribution in [2.75, 3.05) is 0 Å². The molecule has 0 aliphatic heterocycles. The van der Waals surface area contributed by atoms with Crippen molar-refractivity contribution < 1.29 is 13.5 Å². The molecule has 126 valence electrons. The molecular weight excluding hydrogens is 306 g/mol. The molecule has 3 rings (SSSR count). The quantitative estimate of drug-likeness (QED) is 0.586. The summed E-state index contributed by atoms with van der Waals surface area (Å²) in [5.41, 5.74) is 2.62. The molecule has 1 nitrogen and oxygen atoms in total. The van der Waals surface area contributed by atoms with E-state index in [1.54, 1.807) is 0 Å². The number of hydrogen-bond donors (Lipinski definition) is 0. The Kier molecular flexibility index (Phi) is 4.98. The van der Waals surface area contributed by atoms with Crippen LogP contribution < -0.4 is 4.74 Å². The summed E-state index contributed by atoms with van der Waals surface area (Å²) in [6.07, 6.45) is 6.00. The van der Waals surface area contributed by atoms with Gasteiger partial charge in [-0.15, -0.1) is 0 Å². The van der Waals surface area contributed by atoms with Gasteiger partial charge >= 0.3 is 0 Å². The first-order valence-electron chi connectivity index (χ1n) is 8.45. The Hall–Kier alpha value is -2.16. The molecule has 0 heterocycles. The van der Waals surface area contributed by atoms with Crippen molar-refractivity contribution in [3.05, 3.63) is 66.4 Å². The molecular formula is C21H22F2O. The van der Waals surface area contributed by atoms with Crippen LogP contribution in [-0.2, 0) is 0 Å². The van der Waals surface area contributed by atoms with Gasteiger partial charge in [-0.25, -0.2) is 8.78 Å². The minimum atomic E-state index is -0.727. The zero-order valence-electron chi connectivity index (χ0n) is 13.9. The van der Waals surface area contributed by atoms with E-state index in [1.807, 2.05) is 12.1 Å². The van der Waals surface area contributed by atoms with Gasteiger partial charge in [0.25, 0.3) is 0 Å². The lowest BCUT2D eigenvalue weighted by Gasteiger charge is -2.26. The van der Waals surface area contributed by atoms with E-state index in [2.05, 4.69) is 25.6 Å². The van der Waals surface area contributed by atoms with Crippen molar-refractivity contribution in [2.24, 2.45) is 5.92 Å². The lowest BCUT2D eigenvalue weighted by molar-refractivity contribution is 0.348. The maximum Gasteiger partial charge on any atom is 0.197 e. The standard InChI is InChI=1S/C21H22F2O/c1-3-24-21-19(22)12-18(13-20(21)23)17-10-8-16(9-11-17)15-6-4-14(2)5-7-15/h3,8-15H,1,4-7H2,2H3. The number of benzene rings is 2. The van der Waals surface area contributed by atoms with E-state index in [0.29, 0.717) is 11.5 Å². The van der Waals surface area contributed by atoms with E-state index in [9.17, 15) is 8.78 Å². The lowest BCUT2D eigenvalue weighted by Crippen LogP contribution is -2.10. The Balaban J connectivity index is 1.82. The molecule has 2 aromatic rings. The first kappa shape index (κ1) is 16.7. The van der Waals surface area contributed by atoms with Crippen LogP contribution in [-0.4, -0.2) is 0 Å². The fourth-order valence-electron chi connectivity index (χ4n) is 3.46. The first-order valence-corrected chi connectivity index (χ1v) is 8.45. The van der Waals surface area contributed by atoms with Crippen LogP contribution in [0.5, 0.6) is 5.75 Å². The molecule has 24 heavy (non-hydrogen) atoms. The normalized spacial score (nSPS) is 20.6. The lowest BCUT2D eigenvalue weighted by atomic mass is 9.79. The molecule has 0 saturated heterocycles. The highest BCUT2D eigenvalue weighted by Gasteiger charge is 2.20. The van der Waals surface area contributed by atoms with E-state index in [-0.39, 0.29) is 0 Å². The summed E-state index contributed by atoms with van der Waals surface area (Å²) >= 11 is 0. The summed E-state index contributed by atoms with van der Waals surface area (Å²) < 4.78 is 32.7. The molecule has 3 heteroatoms. The maximum atomic E-state index is 14.0. The second-order valence-corrected chi connectivity index (χ2v) is 6.63. The highest BCUT2D eigenvalue weighted by Crippen LogP contribution is 2.36. The van der Waals surface area contributed by atoms with Gasteiger partial charge in [0, 0.05) is 0 Å². The Labute approximate surface area is 142 Å². The molecule has 0 bridgehead atoms. The molecule has 0 amide bonds. The molecule has 0 N–H and O–H groups in total. The van der Waals surface area contributed by atoms with Gasteiger partial charge in [-0.05, 0) is 53.5 Å². The maximum absolute atomic E-state index is 14.0. The summed E-state index contributed by atoms with van der Waals surface area (Å²) in [6, 6.07) is 10.6. The van der Waals surface area contributed by atoms with Gasteiger partial charge in [0.15, 0.2) is 17.4 Å². The molecule has 0 aromatic heterocycles. The number of halogens is 2. The zero-order chi connectivity index (χ0) is 17.1. The summed E-state index contributed by atoms with van der Waals surface area (Å²) in [4.78, 5) is 0. The van der Waals surface area contributed by atoms with E-state index < -0.39 is 17.4 Å². The average molecular weight is 328 g/mol. The van der Waals surface area contributed by atoms with Gasteiger partial charge in [0.2, 0.25) is 0 Å². The molecule has 1 aliphatic rings. The number of hydrogen-bond acceptors (Lipinski definition) is 1. The van der Waals surface area contributed by atoms with Gasteiger partial charge in [-0.1, -0.05) is 50.6 Å². The molecule has 1 fully saturated rings. The Morgan fingerprint density at radius 2 is 1.54 bits per heavy atom. The number of ether oxygens (including phenoxy) is 1. The average Bonchev–Trinajstić information content (AvgIpc) is 2.59. The largest absolute Gasteiger partial charge is 0.459 e. The summed E-state index contributed by atoms with van der Waals surface area (Å²) in [7, 11) is 0. The molecule has 0 atom stereocenters. The van der Waals surface area contributed by atoms with E-state index in [4.69, 9.17) is 4.74 Å². The van der Waals surface area contributed by atoms with Crippen LogP contribution >= 0.6 is 0 Å². The Morgan fingerprint density at radius 3 is 2.08 bits per heavy atom. The zero-order valence-corrected chi connectivity index (χ0v) is 13.9. The van der Waals surface area contributed by atoms with E-state index >= 15 is 0 Å². The molecule has 1 saturated carbocycles. The van der Waals surface area contributed by atoms with Gasteiger partial charge in [0.1, 0.15) is 0 Å². The van der Waals surface area contributed by atoms with Crippen LogP contribution in [0.15, 0.2) is 49.2 Å². The highest BCUT2D eigenvalue weighted by molar-refractivity contribution is 5.65. The fourth-order valence-corrected chi connectivity index (χ4v) is 3.46. The molecule has 2 aromatic carbocycles. The van der Waals surface area contributed by atoms with E-state index in [1.165, 1.54) is 43.4 Å². The molecule has 0 spiro atoms. The van der Waals surface area contributed by atoms with Crippen LogP contribution in [0.4, 0.5) is 8.78 Å². The van der Waals surface area contributed by atoms with Gasteiger partial charge in [0.05, 0.1) is 6.26 Å². The Bertz CT molecular complexity index is 690.